The molecule has 0 amide bonds. The Morgan fingerprint density at radius 2 is 2.09 bits per heavy atom. The Kier molecular flexibility index (Phi) is 5.51. The van der Waals surface area contributed by atoms with Crippen LogP contribution >= 0.6 is 0 Å². The van der Waals surface area contributed by atoms with Crippen molar-refractivity contribution in [2.45, 2.75) is 20.0 Å². The molecule has 0 bridgehead atoms. The lowest BCUT2D eigenvalue weighted by atomic mass is 10.0. The van der Waals surface area contributed by atoms with Crippen LogP contribution in [-0.2, 0) is 27.3 Å². The van der Waals surface area contributed by atoms with Crippen LogP contribution in [-0.4, -0.2) is 19.0 Å². The van der Waals surface area contributed by atoms with Crippen molar-refractivity contribution in [3.05, 3.63) is 59.3 Å². The first kappa shape index (κ1) is 16.7. The summed E-state index contributed by atoms with van der Waals surface area (Å²) in [7, 11) is 1.26. The van der Waals surface area contributed by atoms with Crippen molar-refractivity contribution in [1.82, 2.24) is 0 Å². The van der Waals surface area contributed by atoms with Crippen LogP contribution in [0.1, 0.15) is 28.6 Å². The summed E-state index contributed by atoms with van der Waals surface area (Å²) in [6.07, 6.45) is 1.68. The molecule has 5 nitrogen and oxygen atoms in total. The predicted octanol–water partition coefficient (Wildman–Crippen LogP) is 3.13. The molecule has 1 aromatic carbocycles. The molecule has 1 unspecified atom stereocenters. The summed E-state index contributed by atoms with van der Waals surface area (Å²) in [4.78, 5) is 23.5. The summed E-state index contributed by atoms with van der Waals surface area (Å²) >= 11 is 0. The van der Waals surface area contributed by atoms with Crippen molar-refractivity contribution >= 4 is 11.9 Å². The van der Waals surface area contributed by atoms with Gasteiger partial charge < -0.3 is 13.9 Å². The second-order valence-corrected chi connectivity index (χ2v) is 5.09. The summed E-state index contributed by atoms with van der Waals surface area (Å²) in [5, 5.41) is 0. The Morgan fingerprint density at radius 3 is 2.78 bits per heavy atom. The van der Waals surface area contributed by atoms with Gasteiger partial charge >= 0.3 is 11.9 Å². The molecule has 0 fully saturated rings. The molecule has 0 aliphatic carbocycles. The Labute approximate surface area is 133 Å². The minimum absolute atomic E-state index is 0.163. The number of benzene rings is 1. The molecule has 0 aliphatic rings. The summed E-state index contributed by atoms with van der Waals surface area (Å²) in [6, 6.07) is 7.51. The zero-order chi connectivity index (χ0) is 16.8. The minimum Gasteiger partial charge on any atom is -0.465 e. The molecule has 0 saturated carbocycles. The molecule has 1 heterocycles. The van der Waals surface area contributed by atoms with Crippen molar-refractivity contribution in [2.24, 2.45) is 5.92 Å². The maximum absolute atomic E-state index is 13.1. The molecule has 0 spiro atoms. The lowest BCUT2D eigenvalue weighted by molar-refractivity contribution is -0.149. The van der Waals surface area contributed by atoms with E-state index >= 15 is 0 Å². The second kappa shape index (κ2) is 7.58. The molecule has 1 atom stereocenters. The fraction of sp³-hybridized carbons (Fsp3) is 0.294. The van der Waals surface area contributed by atoms with Gasteiger partial charge in [-0.1, -0.05) is 19.1 Å². The van der Waals surface area contributed by atoms with Crippen LogP contribution in [0.3, 0.4) is 0 Å². The lowest BCUT2D eigenvalue weighted by Crippen LogP contribution is -2.17. The number of carbonyl (C=O) groups is 2. The maximum atomic E-state index is 13.1. The van der Waals surface area contributed by atoms with E-state index in [1.165, 1.54) is 31.6 Å². The number of hydrogen-bond acceptors (Lipinski definition) is 5. The van der Waals surface area contributed by atoms with Gasteiger partial charge in [-0.3, -0.25) is 4.79 Å². The first-order valence-electron chi connectivity index (χ1n) is 7.07. The summed E-state index contributed by atoms with van der Waals surface area (Å²) in [5.41, 5.74) is 0.931. The molecule has 0 radical (unpaired) electrons. The minimum atomic E-state index is -0.558. The van der Waals surface area contributed by atoms with E-state index in [0.29, 0.717) is 12.0 Å². The highest BCUT2D eigenvalue weighted by Crippen LogP contribution is 2.16. The lowest BCUT2D eigenvalue weighted by Gasteiger charge is -2.11. The zero-order valence-electron chi connectivity index (χ0n) is 12.9. The van der Waals surface area contributed by atoms with Crippen LogP contribution in [0, 0.1) is 11.7 Å². The Hall–Kier alpha value is -2.63. The second-order valence-electron chi connectivity index (χ2n) is 5.09. The molecular weight excluding hydrogens is 303 g/mol. The van der Waals surface area contributed by atoms with Gasteiger partial charge in [0.2, 0.25) is 0 Å². The van der Waals surface area contributed by atoms with E-state index in [2.05, 4.69) is 4.74 Å². The number of esters is 2. The van der Waals surface area contributed by atoms with E-state index in [0.717, 1.165) is 0 Å². The van der Waals surface area contributed by atoms with E-state index in [-0.39, 0.29) is 23.7 Å². The first-order chi connectivity index (χ1) is 11.0. The smallest absolute Gasteiger partial charge is 0.341 e. The number of carbonyl (C=O) groups excluding carboxylic acids is 2. The van der Waals surface area contributed by atoms with Gasteiger partial charge in [-0.05, 0) is 30.2 Å². The van der Waals surface area contributed by atoms with Crippen molar-refractivity contribution in [3.8, 4) is 0 Å². The third kappa shape index (κ3) is 4.42. The first-order valence-corrected chi connectivity index (χ1v) is 7.07. The van der Waals surface area contributed by atoms with E-state index in [9.17, 15) is 14.0 Å². The number of halogens is 1. The van der Waals surface area contributed by atoms with Crippen molar-refractivity contribution in [1.29, 1.82) is 0 Å². The summed E-state index contributed by atoms with van der Waals surface area (Å²) in [6.45, 7) is 1.53. The molecule has 0 saturated heterocycles. The number of methoxy groups -OCH3 is 1. The van der Waals surface area contributed by atoms with Crippen LogP contribution in [0.25, 0.3) is 0 Å². The van der Waals surface area contributed by atoms with Gasteiger partial charge in [-0.25, -0.2) is 9.18 Å². The van der Waals surface area contributed by atoms with Crippen molar-refractivity contribution in [3.63, 3.8) is 0 Å². The van der Waals surface area contributed by atoms with Gasteiger partial charge in [-0.15, -0.1) is 0 Å². The molecule has 0 aliphatic heterocycles. The number of ether oxygens (including phenoxy) is 2. The molecule has 23 heavy (non-hydrogen) atoms. The normalized spacial score (nSPS) is 11.8. The van der Waals surface area contributed by atoms with E-state index in [1.807, 2.05) is 0 Å². The van der Waals surface area contributed by atoms with Gasteiger partial charge in [0.25, 0.3) is 0 Å². The average Bonchev–Trinajstić information content (AvgIpc) is 3.00. The predicted molar refractivity (Wildman–Crippen MR) is 79.1 cm³/mol. The molecule has 2 aromatic rings. The zero-order valence-corrected chi connectivity index (χ0v) is 12.9. The fourth-order valence-electron chi connectivity index (χ4n) is 2.12. The fourth-order valence-corrected chi connectivity index (χ4v) is 2.12. The molecular formula is C17H17FO5. The average molecular weight is 320 g/mol. The van der Waals surface area contributed by atoms with E-state index in [1.54, 1.807) is 19.1 Å². The van der Waals surface area contributed by atoms with Gasteiger partial charge in [0.15, 0.2) is 5.76 Å². The largest absolute Gasteiger partial charge is 0.465 e. The van der Waals surface area contributed by atoms with E-state index < -0.39 is 17.9 Å². The van der Waals surface area contributed by atoms with Gasteiger partial charge in [0, 0.05) is 0 Å². The van der Waals surface area contributed by atoms with Gasteiger partial charge in [-0.2, -0.15) is 0 Å². The SMILES string of the molecule is COC(=O)c1ccoc1COC(=O)C(C)Cc1cccc(F)c1. The summed E-state index contributed by atoms with van der Waals surface area (Å²) < 4.78 is 28.0. The molecule has 6 heteroatoms. The number of furan rings is 1. The molecule has 0 N–H and O–H groups in total. The Morgan fingerprint density at radius 1 is 1.30 bits per heavy atom. The summed E-state index contributed by atoms with van der Waals surface area (Å²) in [5.74, 6) is -1.59. The highest BCUT2D eigenvalue weighted by Gasteiger charge is 2.19. The quantitative estimate of drug-likeness (QED) is 0.765. The molecule has 122 valence electrons. The van der Waals surface area contributed by atoms with Crippen LogP contribution in [0.2, 0.25) is 0 Å². The number of rotatable bonds is 6. The van der Waals surface area contributed by atoms with Gasteiger partial charge in [0.05, 0.1) is 19.3 Å². The third-order valence-corrected chi connectivity index (χ3v) is 3.33. The van der Waals surface area contributed by atoms with Crippen LogP contribution in [0.15, 0.2) is 41.0 Å². The maximum Gasteiger partial charge on any atom is 0.341 e. The Balaban J connectivity index is 1.92. The van der Waals surface area contributed by atoms with Crippen molar-refractivity contribution in [2.75, 3.05) is 7.11 Å². The van der Waals surface area contributed by atoms with Crippen LogP contribution < -0.4 is 0 Å². The number of hydrogen-bond donors (Lipinski definition) is 0. The van der Waals surface area contributed by atoms with Crippen LogP contribution in [0.4, 0.5) is 4.39 Å². The van der Waals surface area contributed by atoms with Crippen molar-refractivity contribution < 1.29 is 27.9 Å². The van der Waals surface area contributed by atoms with Gasteiger partial charge in [0.1, 0.15) is 18.0 Å². The standard InChI is InChI=1S/C17H17FO5/c1-11(8-12-4-3-5-13(18)9-12)16(19)23-10-15-14(6-7-22-15)17(20)21-2/h3-7,9,11H,8,10H2,1-2H3. The third-order valence-electron chi connectivity index (χ3n) is 3.33. The molecule has 2 rings (SSSR count). The monoisotopic (exact) mass is 320 g/mol. The topological polar surface area (TPSA) is 65.7 Å². The highest BCUT2D eigenvalue weighted by atomic mass is 19.1. The highest BCUT2D eigenvalue weighted by molar-refractivity contribution is 5.90. The molecule has 1 aromatic heterocycles. The van der Waals surface area contributed by atoms with Crippen LogP contribution in [0.5, 0.6) is 0 Å². The Bertz CT molecular complexity index is 692. The van der Waals surface area contributed by atoms with E-state index in [4.69, 9.17) is 9.15 Å².